The Hall–Kier alpha value is -3.15. The van der Waals surface area contributed by atoms with Crippen LogP contribution >= 0.6 is 0 Å². The Morgan fingerprint density at radius 2 is 1.83 bits per heavy atom. The Morgan fingerprint density at radius 3 is 2.50 bits per heavy atom. The number of hydrogen-bond acceptors (Lipinski definition) is 7. The molecule has 2 heterocycles. The highest BCUT2D eigenvalue weighted by Crippen LogP contribution is 2.34. The van der Waals surface area contributed by atoms with Crippen LogP contribution in [0.25, 0.3) is 0 Å². The summed E-state index contributed by atoms with van der Waals surface area (Å²) in [5, 5.41) is 12.0. The van der Waals surface area contributed by atoms with Crippen LogP contribution in [0.2, 0.25) is 0 Å². The highest BCUT2D eigenvalue weighted by Gasteiger charge is 2.32. The maximum Gasteiger partial charge on any atom is 0.573 e. The van der Waals surface area contributed by atoms with Crippen molar-refractivity contribution in [3.63, 3.8) is 0 Å². The predicted octanol–water partition coefficient (Wildman–Crippen LogP) is 4.79. The maximum absolute atomic E-state index is 15.5. The summed E-state index contributed by atoms with van der Waals surface area (Å²) in [7, 11) is 0. The molecule has 1 saturated carbocycles. The number of nitrogens with zero attached hydrogens (tertiary/aromatic N) is 3. The van der Waals surface area contributed by atoms with E-state index in [0.717, 1.165) is 25.7 Å². The van der Waals surface area contributed by atoms with Gasteiger partial charge in [0.15, 0.2) is 11.6 Å². The lowest BCUT2D eigenvalue weighted by Crippen LogP contribution is -2.40. The molecule has 0 radical (unpaired) electrons. The average molecular weight is 513 g/mol. The molecule has 0 spiro atoms. The van der Waals surface area contributed by atoms with Crippen LogP contribution in [0.15, 0.2) is 30.6 Å². The van der Waals surface area contributed by atoms with Crippen LogP contribution in [0.4, 0.5) is 29.2 Å². The summed E-state index contributed by atoms with van der Waals surface area (Å²) >= 11 is 0. The number of carbonyl (C=O) groups is 1. The largest absolute Gasteiger partial charge is 0.573 e. The molecule has 2 aromatic rings. The van der Waals surface area contributed by atoms with E-state index in [1.807, 2.05) is 0 Å². The number of anilines is 2. The second kappa shape index (κ2) is 11.3. The molecular formula is C24H28F4N4O4. The molecule has 1 unspecified atom stereocenters. The summed E-state index contributed by atoms with van der Waals surface area (Å²) in [6.07, 6.45) is 0.0674. The van der Waals surface area contributed by atoms with Gasteiger partial charge in [-0.05, 0) is 55.2 Å². The second-order valence-electron chi connectivity index (χ2n) is 9.13. The van der Waals surface area contributed by atoms with E-state index < -0.39 is 24.2 Å². The number of halogens is 4. The lowest BCUT2D eigenvalue weighted by atomic mass is 9.80. The number of ether oxygens (including phenoxy) is 2. The number of benzene rings is 1. The van der Waals surface area contributed by atoms with E-state index in [1.165, 1.54) is 30.6 Å². The molecule has 2 fully saturated rings. The smallest absolute Gasteiger partial charge is 0.481 e. The van der Waals surface area contributed by atoms with Crippen LogP contribution in [-0.2, 0) is 9.53 Å². The minimum Gasteiger partial charge on any atom is -0.481 e. The van der Waals surface area contributed by atoms with Gasteiger partial charge in [-0.1, -0.05) is 12.1 Å². The predicted molar refractivity (Wildman–Crippen MR) is 122 cm³/mol. The molecule has 1 aliphatic heterocycles. The van der Waals surface area contributed by atoms with Gasteiger partial charge in [-0.2, -0.15) is 4.39 Å². The first-order valence-corrected chi connectivity index (χ1v) is 11.9. The Kier molecular flexibility index (Phi) is 8.12. The van der Waals surface area contributed by atoms with Gasteiger partial charge in [-0.25, -0.2) is 9.97 Å². The molecule has 1 atom stereocenters. The average Bonchev–Trinajstić information content (AvgIpc) is 2.84. The number of hydrogen-bond donors (Lipinski definition) is 2. The van der Waals surface area contributed by atoms with Crippen LogP contribution < -0.4 is 15.0 Å². The standard InChI is InChI=1S/C24H28F4N4O4/c25-21-22(29-12-16-3-1-15(2-4-16)11-20(33)34)30-14-31-23(21)32-9-10-35-13-19(32)17-5-7-18(8-6-17)36-24(26,27)28/h5-8,14-16,19H,1-4,9-13H2,(H,33,34)(H,29,30,31). The van der Waals surface area contributed by atoms with Gasteiger partial charge in [0.05, 0.1) is 19.3 Å². The number of aromatic nitrogens is 2. The zero-order chi connectivity index (χ0) is 25.7. The van der Waals surface area contributed by atoms with Crippen molar-refractivity contribution in [2.24, 2.45) is 11.8 Å². The fraction of sp³-hybridized carbons (Fsp3) is 0.542. The monoisotopic (exact) mass is 512 g/mol. The van der Waals surface area contributed by atoms with Gasteiger partial charge in [-0.3, -0.25) is 4.79 Å². The van der Waals surface area contributed by atoms with E-state index in [1.54, 1.807) is 4.90 Å². The third kappa shape index (κ3) is 6.74. The summed E-state index contributed by atoms with van der Waals surface area (Å²) in [5.74, 6) is -1.09. The fourth-order valence-electron chi connectivity index (χ4n) is 4.84. The van der Waals surface area contributed by atoms with Gasteiger partial charge in [0, 0.05) is 19.5 Å². The van der Waals surface area contributed by atoms with Gasteiger partial charge >= 0.3 is 12.3 Å². The molecule has 1 saturated heterocycles. The number of aliphatic carboxylic acids is 1. The van der Waals surface area contributed by atoms with E-state index in [2.05, 4.69) is 20.0 Å². The Bertz CT molecular complexity index is 1030. The first kappa shape index (κ1) is 25.9. The molecule has 12 heteroatoms. The van der Waals surface area contributed by atoms with Crippen molar-refractivity contribution >= 4 is 17.6 Å². The number of alkyl halides is 3. The van der Waals surface area contributed by atoms with Crippen LogP contribution in [0.5, 0.6) is 5.75 Å². The van der Waals surface area contributed by atoms with Gasteiger partial charge < -0.3 is 24.8 Å². The van der Waals surface area contributed by atoms with Crippen molar-refractivity contribution in [3.05, 3.63) is 42.0 Å². The number of rotatable bonds is 8. The van der Waals surface area contributed by atoms with E-state index in [9.17, 15) is 18.0 Å². The summed E-state index contributed by atoms with van der Waals surface area (Å²) < 4.78 is 62.4. The van der Waals surface area contributed by atoms with Crippen molar-refractivity contribution in [2.45, 2.75) is 44.5 Å². The molecule has 2 aliphatic rings. The highest BCUT2D eigenvalue weighted by molar-refractivity contribution is 5.67. The third-order valence-corrected chi connectivity index (χ3v) is 6.66. The minimum atomic E-state index is -4.78. The third-order valence-electron chi connectivity index (χ3n) is 6.66. The zero-order valence-corrected chi connectivity index (χ0v) is 19.5. The number of morpholine rings is 1. The van der Waals surface area contributed by atoms with Gasteiger partial charge in [-0.15, -0.1) is 13.2 Å². The Balaban J connectivity index is 1.42. The van der Waals surface area contributed by atoms with Crippen molar-refractivity contribution < 1.29 is 36.9 Å². The fourth-order valence-corrected chi connectivity index (χ4v) is 4.84. The number of carboxylic acids is 1. The van der Waals surface area contributed by atoms with Crippen molar-refractivity contribution in [1.29, 1.82) is 0 Å². The van der Waals surface area contributed by atoms with Crippen LogP contribution in [0.3, 0.4) is 0 Å². The number of nitrogens with one attached hydrogen (secondary N) is 1. The minimum absolute atomic E-state index is 0.0758. The van der Waals surface area contributed by atoms with Crippen molar-refractivity contribution in [2.75, 3.05) is 36.5 Å². The van der Waals surface area contributed by atoms with E-state index in [0.29, 0.717) is 31.2 Å². The molecule has 2 N–H and O–H groups in total. The molecule has 196 valence electrons. The lowest BCUT2D eigenvalue weighted by Gasteiger charge is -2.37. The zero-order valence-electron chi connectivity index (χ0n) is 19.5. The van der Waals surface area contributed by atoms with Crippen molar-refractivity contribution in [1.82, 2.24) is 9.97 Å². The van der Waals surface area contributed by atoms with Crippen LogP contribution in [0, 0.1) is 17.7 Å². The first-order valence-electron chi connectivity index (χ1n) is 11.9. The quantitative estimate of drug-likeness (QED) is 0.488. The van der Waals surface area contributed by atoms with Gasteiger partial charge in [0.25, 0.3) is 0 Å². The summed E-state index contributed by atoms with van der Waals surface area (Å²) in [5.41, 5.74) is 0.634. The van der Waals surface area contributed by atoms with Gasteiger partial charge in [0.1, 0.15) is 12.1 Å². The molecule has 1 aromatic carbocycles. The topological polar surface area (TPSA) is 96.8 Å². The molecule has 36 heavy (non-hydrogen) atoms. The Morgan fingerprint density at radius 1 is 1.14 bits per heavy atom. The van der Waals surface area contributed by atoms with Crippen molar-refractivity contribution in [3.8, 4) is 5.75 Å². The SMILES string of the molecule is O=C(O)CC1CCC(CNc2ncnc(N3CCOCC3c3ccc(OC(F)(F)F)cc3)c2F)CC1. The molecule has 8 nitrogen and oxygen atoms in total. The van der Waals surface area contributed by atoms with Crippen LogP contribution in [0.1, 0.15) is 43.7 Å². The summed E-state index contributed by atoms with van der Waals surface area (Å²) in [6.45, 7) is 1.41. The highest BCUT2D eigenvalue weighted by atomic mass is 19.4. The summed E-state index contributed by atoms with van der Waals surface area (Å²) in [6, 6.07) is 4.95. The lowest BCUT2D eigenvalue weighted by molar-refractivity contribution is -0.274. The molecule has 1 aliphatic carbocycles. The van der Waals surface area contributed by atoms with E-state index in [4.69, 9.17) is 9.84 Å². The van der Waals surface area contributed by atoms with E-state index >= 15 is 4.39 Å². The molecule has 4 rings (SSSR count). The first-order chi connectivity index (χ1) is 17.2. The van der Waals surface area contributed by atoms with E-state index in [-0.39, 0.29) is 36.3 Å². The molecular weight excluding hydrogens is 484 g/mol. The maximum atomic E-state index is 15.5. The normalized spacial score (nSPS) is 22.8. The molecule has 1 aromatic heterocycles. The Labute approximate surface area is 205 Å². The second-order valence-corrected chi connectivity index (χ2v) is 9.13. The summed E-state index contributed by atoms with van der Waals surface area (Å²) in [4.78, 5) is 20.8. The van der Waals surface area contributed by atoms with Crippen LogP contribution in [-0.4, -0.2) is 53.7 Å². The molecule has 0 bridgehead atoms. The number of carboxylic acid groups (broad SMARTS) is 1. The van der Waals surface area contributed by atoms with Gasteiger partial charge in [0.2, 0.25) is 5.82 Å². The molecule has 0 amide bonds.